The average Bonchev–Trinajstić information content (AvgIpc) is 3.24. The van der Waals surface area contributed by atoms with Crippen LogP contribution >= 0.6 is 27.3 Å². The highest BCUT2D eigenvalue weighted by Gasteiger charge is 2.34. The van der Waals surface area contributed by atoms with Gasteiger partial charge in [0.1, 0.15) is 0 Å². The van der Waals surface area contributed by atoms with E-state index in [0.29, 0.717) is 18.3 Å². The second kappa shape index (κ2) is 5.81. The van der Waals surface area contributed by atoms with Gasteiger partial charge in [-0.25, -0.2) is 0 Å². The molecule has 2 aromatic rings. The summed E-state index contributed by atoms with van der Waals surface area (Å²) in [4.78, 5) is 16.5. The molecule has 110 valence electrons. The lowest BCUT2D eigenvalue weighted by Gasteiger charge is -2.22. The highest BCUT2D eigenvalue weighted by atomic mass is 79.9. The molecule has 0 saturated heterocycles. The van der Waals surface area contributed by atoms with Gasteiger partial charge in [-0.2, -0.15) is 0 Å². The van der Waals surface area contributed by atoms with Crippen molar-refractivity contribution >= 4 is 38.9 Å². The molecule has 1 aliphatic rings. The monoisotopic (exact) mass is 364 g/mol. The van der Waals surface area contributed by atoms with Gasteiger partial charge in [0.2, 0.25) is 0 Å². The van der Waals surface area contributed by atoms with E-state index in [1.165, 1.54) is 11.3 Å². The SMILES string of the molecule is Cc1sc(C(=O)N(Cc2ccccc2Br)C2CC2)cc1N. The minimum atomic E-state index is 0.0954. The van der Waals surface area contributed by atoms with Crippen LogP contribution in [0.5, 0.6) is 0 Å². The van der Waals surface area contributed by atoms with Crippen molar-refractivity contribution in [2.75, 3.05) is 5.73 Å². The van der Waals surface area contributed by atoms with E-state index in [1.54, 1.807) is 6.07 Å². The first-order chi connectivity index (χ1) is 10.1. The van der Waals surface area contributed by atoms with E-state index in [9.17, 15) is 4.79 Å². The maximum Gasteiger partial charge on any atom is 0.264 e. The number of nitrogens with two attached hydrogens (primary N) is 1. The number of benzene rings is 1. The molecule has 0 aliphatic heterocycles. The largest absolute Gasteiger partial charge is 0.398 e. The summed E-state index contributed by atoms with van der Waals surface area (Å²) in [5.41, 5.74) is 7.73. The van der Waals surface area contributed by atoms with Crippen molar-refractivity contribution in [1.29, 1.82) is 0 Å². The number of thiophene rings is 1. The molecule has 1 fully saturated rings. The van der Waals surface area contributed by atoms with Gasteiger partial charge in [-0.1, -0.05) is 34.1 Å². The van der Waals surface area contributed by atoms with Crippen molar-refractivity contribution < 1.29 is 4.79 Å². The molecule has 5 heteroatoms. The fraction of sp³-hybridized carbons (Fsp3) is 0.312. The van der Waals surface area contributed by atoms with Gasteiger partial charge in [-0.15, -0.1) is 11.3 Å². The van der Waals surface area contributed by atoms with E-state index in [-0.39, 0.29) is 5.91 Å². The topological polar surface area (TPSA) is 46.3 Å². The second-order valence-electron chi connectivity index (χ2n) is 5.38. The summed E-state index contributed by atoms with van der Waals surface area (Å²) in [5, 5.41) is 0. The molecule has 1 heterocycles. The zero-order valence-electron chi connectivity index (χ0n) is 11.8. The summed E-state index contributed by atoms with van der Waals surface area (Å²) in [6.07, 6.45) is 2.19. The third-order valence-electron chi connectivity index (χ3n) is 3.71. The van der Waals surface area contributed by atoms with Crippen molar-refractivity contribution in [2.45, 2.75) is 32.4 Å². The highest BCUT2D eigenvalue weighted by Crippen LogP contribution is 2.33. The second-order valence-corrected chi connectivity index (χ2v) is 7.49. The predicted molar refractivity (Wildman–Crippen MR) is 90.5 cm³/mol. The number of carbonyl (C=O) groups is 1. The molecule has 1 aromatic carbocycles. The van der Waals surface area contributed by atoms with Crippen LogP contribution in [0.4, 0.5) is 5.69 Å². The van der Waals surface area contributed by atoms with Crippen LogP contribution in [0.3, 0.4) is 0 Å². The van der Waals surface area contributed by atoms with Gasteiger partial charge in [0.15, 0.2) is 0 Å². The van der Waals surface area contributed by atoms with E-state index in [1.807, 2.05) is 30.0 Å². The Labute approximate surface area is 136 Å². The molecular weight excluding hydrogens is 348 g/mol. The van der Waals surface area contributed by atoms with Gasteiger partial charge in [0.05, 0.1) is 4.88 Å². The van der Waals surface area contributed by atoms with Gasteiger partial charge in [-0.05, 0) is 37.5 Å². The Kier molecular flexibility index (Phi) is 4.04. The number of anilines is 1. The summed E-state index contributed by atoms with van der Waals surface area (Å²) >= 11 is 5.04. The quantitative estimate of drug-likeness (QED) is 0.883. The minimum Gasteiger partial charge on any atom is -0.398 e. The lowest BCUT2D eigenvalue weighted by Crippen LogP contribution is -2.32. The Bertz CT molecular complexity index is 659. The van der Waals surface area contributed by atoms with E-state index in [0.717, 1.165) is 32.6 Å². The number of nitrogen functional groups attached to an aromatic ring is 1. The standard InChI is InChI=1S/C16H17BrN2OS/c1-10-14(18)8-15(21-10)16(20)19(12-6-7-12)9-11-4-2-3-5-13(11)17/h2-5,8,12H,6-7,9,18H2,1H3. The van der Waals surface area contributed by atoms with Crippen LogP contribution < -0.4 is 5.73 Å². The van der Waals surface area contributed by atoms with Crippen LogP contribution in [-0.4, -0.2) is 16.8 Å². The first-order valence-corrected chi connectivity index (χ1v) is 8.57. The Hall–Kier alpha value is -1.33. The third kappa shape index (κ3) is 3.14. The summed E-state index contributed by atoms with van der Waals surface area (Å²) < 4.78 is 1.05. The molecule has 0 radical (unpaired) electrons. The van der Waals surface area contributed by atoms with E-state index in [4.69, 9.17) is 5.73 Å². The maximum atomic E-state index is 12.8. The first kappa shape index (κ1) is 14.6. The summed E-state index contributed by atoms with van der Waals surface area (Å²) in [6, 6.07) is 10.2. The Morgan fingerprint density at radius 2 is 2.14 bits per heavy atom. The van der Waals surface area contributed by atoms with Crippen molar-refractivity contribution in [3.8, 4) is 0 Å². The number of aryl methyl sites for hydroxylation is 1. The molecule has 1 aromatic heterocycles. The Morgan fingerprint density at radius 3 is 2.71 bits per heavy atom. The van der Waals surface area contributed by atoms with Crippen LogP contribution in [-0.2, 0) is 6.54 Å². The van der Waals surface area contributed by atoms with Gasteiger partial charge in [0, 0.05) is 27.6 Å². The van der Waals surface area contributed by atoms with Crippen LogP contribution in [0.15, 0.2) is 34.8 Å². The molecule has 2 N–H and O–H groups in total. The number of amides is 1. The fourth-order valence-electron chi connectivity index (χ4n) is 2.31. The molecule has 1 aliphatic carbocycles. The number of rotatable bonds is 4. The van der Waals surface area contributed by atoms with Gasteiger partial charge >= 0.3 is 0 Å². The van der Waals surface area contributed by atoms with Crippen molar-refractivity contribution in [3.63, 3.8) is 0 Å². The van der Waals surface area contributed by atoms with E-state index < -0.39 is 0 Å². The molecule has 0 bridgehead atoms. The normalized spacial score (nSPS) is 14.2. The van der Waals surface area contributed by atoms with Crippen molar-refractivity contribution in [1.82, 2.24) is 4.90 Å². The smallest absolute Gasteiger partial charge is 0.264 e. The summed E-state index contributed by atoms with van der Waals surface area (Å²) in [6.45, 7) is 2.59. The molecule has 1 saturated carbocycles. The van der Waals surface area contributed by atoms with Crippen LogP contribution in [0.2, 0.25) is 0 Å². The molecule has 0 unspecified atom stereocenters. The van der Waals surface area contributed by atoms with E-state index in [2.05, 4.69) is 22.0 Å². The number of hydrogen-bond donors (Lipinski definition) is 1. The average molecular weight is 365 g/mol. The van der Waals surface area contributed by atoms with Crippen LogP contribution in [0.25, 0.3) is 0 Å². The zero-order chi connectivity index (χ0) is 15.0. The number of hydrogen-bond acceptors (Lipinski definition) is 3. The van der Waals surface area contributed by atoms with Gasteiger partial charge in [-0.3, -0.25) is 4.79 Å². The van der Waals surface area contributed by atoms with Crippen LogP contribution in [0.1, 0.15) is 33.0 Å². The fourth-order valence-corrected chi connectivity index (χ4v) is 3.61. The summed E-state index contributed by atoms with van der Waals surface area (Å²) in [7, 11) is 0. The molecule has 0 spiro atoms. The predicted octanol–water partition coefficient (Wildman–Crippen LogP) is 4.21. The third-order valence-corrected chi connectivity index (χ3v) is 5.54. The number of carbonyl (C=O) groups excluding carboxylic acids is 1. The molecule has 3 nitrogen and oxygen atoms in total. The number of nitrogens with zero attached hydrogens (tertiary/aromatic N) is 1. The first-order valence-electron chi connectivity index (χ1n) is 6.96. The molecular formula is C16H17BrN2OS. The molecule has 0 atom stereocenters. The molecule has 3 rings (SSSR count). The van der Waals surface area contributed by atoms with Crippen molar-refractivity contribution in [3.05, 3.63) is 50.1 Å². The van der Waals surface area contributed by atoms with Crippen molar-refractivity contribution in [2.24, 2.45) is 0 Å². The van der Waals surface area contributed by atoms with E-state index >= 15 is 0 Å². The lowest BCUT2D eigenvalue weighted by atomic mass is 10.2. The minimum absolute atomic E-state index is 0.0954. The Morgan fingerprint density at radius 1 is 1.43 bits per heavy atom. The van der Waals surface area contributed by atoms with Crippen LogP contribution in [0, 0.1) is 6.92 Å². The van der Waals surface area contributed by atoms with Gasteiger partial charge < -0.3 is 10.6 Å². The molecule has 1 amide bonds. The summed E-state index contributed by atoms with van der Waals surface area (Å²) in [5.74, 6) is 0.0954. The highest BCUT2D eigenvalue weighted by molar-refractivity contribution is 9.10. The Balaban J connectivity index is 1.85. The lowest BCUT2D eigenvalue weighted by molar-refractivity contribution is 0.0734. The van der Waals surface area contributed by atoms with Gasteiger partial charge in [0.25, 0.3) is 5.91 Å². The number of halogens is 1. The maximum absolute atomic E-state index is 12.8. The molecule has 21 heavy (non-hydrogen) atoms. The zero-order valence-corrected chi connectivity index (χ0v) is 14.2.